The molecule has 1 heteroatoms. The Labute approximate surface area is 125 Å². The first-order chi connectivity index (χ1) is 9.74. The average molecular weight is 281 g/mol. The van der Waals surface area contributed by atoms with Gasteiger partial charge >= 0.3 is 0 Å². The molecule has 3 aromatic carbocycles. The van der Waals surface area contributed by atoms with Gasteiger partial charge in [-0.25, -0.2) is 0 Å². The van der Waals surface area contributed by atoms with Crippen molar-refractivity contribution in [2.75, 3.05) is 0 Å². The highest BCUT2D eigenvalue weighted by molar-refractivity contribution is 6.21. The van der Waals surface area contributed by atoms with E-state index in [2.05, 4.69) is 73.7 Å². The zero-order valence-electron chi connectivity index (χ0n) is 11.5. The van der Waals surface area contributed by atoms with Gasteiger partial charge in [-0.2, -0.15) is 0 Å². The van der Waals surface area contributed by atoms with Crippen LogP contribution < -0.4 is 0 Å². The number of halogens is 1. The standard InChI is InChI=1S/C19H17Cl/c1-14-9-11-16(12-10-14)19(20)13-17-7-4-6-15-5-2-3-8-18(15)17/h2-12,19H,13H2,1H3. The maximum Gasteiger partial charge on any atom is 0.0625 e. The summed E-state index contributed by atoms with van der Waals surface area (Å²) >= 11 is 6.59. The van der Waals surface area contributed by atoms with Crippen LogP contribution in [0.2, 0.25) is 0 Å². The number of aryl methyl sites for hydroxylation is 1. The van der Waals surface area contributed by atoms with Crippen molar-refractivity contribution in [1.29, 1.82) is 0 Å². The second-order valence-corrected chi connectivity index (χ2v) is 5.75. The molecular weight excluding hydrogens is 264 g/mol. The fourth-order valence-electron chi connectivity index (χ4n) is 2.56. The van der Waals surface area contributed by atoms with E-state index in [4.69, 9.17) is 11.6 Å². The normalized spacial score (nSPS) is 12.5. The molecule has 0 aliphatic carbocycles. The van der Waals surface area contributed by atoms with Crippen LogP contribution in [0.4, 0.5) is 0 Å². The number of benzene rings is 3. The zero-order chi connectivity index (χ0) is 13.9. The number of hydrogen-bond donors (Lipinski definition) is 0. The minimum atomic E-state index is 0.0152. The van der Waals surface area contributed by atoms with Gasteiger partial charge in [-0.05, 0) is 35.2 Å². The first-order valence-electron chi connectivity index (χ1n) is 6.91. The molecule has 100 valence electrons. The molecule has 0 N–H and O–H groups in total. The Balaban J connectivity index is 1.91. The molecule has 0 spiro atoms. The summed E-state index contributed by atoms with van der Waals surface area (Å²) in [4.78, 5) is 0. The molecule has 3 aromatic rings. The summed E-state index contributed by atoms with van der Waals surface area (Å²) < 4.78 is 0. The lowest BCUT2D eigenvalue weighted by Crippen LogP contribution is -1.97. The predicted octanol–water partition coefficient (Wildman–Crippen LogP) is 5.67. The molecule has 0 aromatic heterocycles. The van der Waals surface area contributed by atoms with Crippen LogP contribution in [0.5, 0.6) is 0 Å². The monoisotopic (exact) mass is 280 g/mol. The van der Waals surface area contributed by atoms with Crippen molar-refractivity contribution in [3.8, 4) is 0 Å². The van der Waals surface area contributed by atoms with Crippen LogP contribution in [0.25, 0.3) is 10.8 Å². The SMILES string of the molecule is Cc1ccc(C(Cl)Cc2cccc3ccccc23)cc1. The molecule has 0 aliphatic rings. The summed E-state index contributed by atoms with van der Waals surface area (Å²) in [6.45, 7) is 2.09. The predicted molar refractivity (Wildman–Crippen MR) is 87.4 cm³/mol. The lowest BCUT2D eigenvalue weighted by atomic mass is 9.98. The second-order valence-electron chi connectivity index (χ2n) is 5.22. The Morgan fingerprint density at radius 3 is 2.35 bits per heavy atom. The maximum absolute atomic E-state index is 6.59. The van der Waals surface area contributed by atoms with Crippen LogP contribution in [0.15, 0.2) is 66.7 Å². The number of fused-ring (bicyclic) bond motifs is 1. The zero-order valence-corrected chi connectivity index (χ0v) is 12.3. The maximum atomic E-state index is 6.59. The van der Waals surface area contributed by atoms with E-state index in [1.165, 1.54) is 27.5 Å². The van der Waals surface area contributed by atoms with Crippen LogP contribution in [0, 0.1) is 6.92 Å². The van der Waals surface area contributed by atoms with Crippen LogP contribution in [0.3, 0.4) is 0 Å². The van der Waals surface area contributed by atoms with Gasteiger partial charge in [0.05, 0.1) is 5.38 Å². The fourth-order valence-corrected chi connectivity index (χ4v) is 2.87. The summed E-state index contributed by atoms with van der Waals surface area (Å²) in [5, 5.41) is 2.59. The minimum Gasteiger partial charge on any atom is -0.117 e. The molecule has 0 fully saturated rings. The van der Waals surface area contributed by atoms with Crippen molar-refractivity contribution in [2.45, 2.75) is 18.7 Å². The number of rotatable bonds is 3. The Hall–Kier alpha value is -1.79. The van der Waals surface area contributed by atoms with E-state index in [9.17, 15) is 0 Å². The first kappa shape index (κ1) is 13.2. The first-order valence-corrected chi connectivity index (χ1v) is 7.35. The molecule has 1 atom stereocenters. The Kier molecular flexibility index (Phi) is 3.75. The summed E-state index contributed by atoms with van der Waals surface area (Å²) in [7, 11) is 0. The van der Waals surface area contributed by atoms with Crippen LogP contribution >= 0.6 is 11.6 Å². The molecule has 0 saturated heterocycles. The van der Waals surface area contributed by atoms with Gasteiger partial charge in [0.1, 0.15) is 0 Å². The largest absolute Gasteiger partial charge is 0.117 e. The third kappa shape index (κ3) is 2.71. The molecule has 0 heterocycles. The fraction of sp³-hybridized carbons (Fsp3) is 0.158. The van der Waals surface area contributed by atoms with Crippen molar-refractivity contribution >= 4 is 22.4 Å². The van der Waals surface area contributed by atoms with Crippen molar-refractivity contribution < 1.29 is 0 Å². The molecule has 0 bridgehead atoms. The summed E-state index contributed by atoms with van der Waals surface area (Å²) in [5.74, 6) is 0. The molecule has 0 saturated carbocycles. The summed E-state index contributed by atoms with van der Waals surface area (Å²) in [6.07, 6.45) is 0.853. The van der Waals surface area contributed by atoms with E-state index >= 15 is 0 Å². The van der Waals surface area contributed by atoms with Gasteiger partial charge in [-0.1, -0.05) is 72.3 Å². The lowest BCUT2D eigenvalue weighted by molar-refractivity contribution is 0.927. The van der Waals surface area contributed by atoms with Crippen molar-refractivity contribution in [2.24, 2.45) is 0 Å². The molecule has 0 radical (unpaired) electrons. The Morgan fingerprint density at radius 1 is 0.850 bits per heavy atom. The lowest BCUT2D eigenvalue weighted by Gasteiger charge is -2.12. The molecule has 3 rings (SSSR count). The van der Waals surface area contributed by atoms with E-state index in [0.717, 1.165) is 6.42 Å². The third-order valence-electron chi connectivity index (χ3n) is 3.72. The topological polar surface area (TPSA) is 0 Å². The molecule has 1 unspecified atom stereocenters. The molecule has 0 amide bonds. The van der Waals surface area contributed by atoms with Gasteiger partial charge in [0.25, 0.3) is 0 Å². The van der Waals surface area contributed by atoms with Gasteiger partial charge in [0.2, 0.25) is 0 Å². The van der Waals surface area contributed by atoms with E-state index < -0.39 is 0 Å². The number of hydrogen-bond acceptors (Lipinski definition) is 0. The van der Waals surface area contributed by atoms with Gasteiger partial charge in [0.15, 0.2) is 0 Å². The van der Waals surface area contributed by atoms with Crippen molar-refractivity contribution in [1.82, 2.24) is 0 Å². The van der Waals surface area contributed by atoms with Crippen LogP contribution in [-0.2, 0) is 6.42 Å². The Morgan fingerprint density at radius 2 is 1.55 bits per heavy atom. The molecular formula is C19H17Cl. The average Bonchev–Trinajstić information content (AvgIpc) is 2.48. The second kappa shape index (κ2) is 5.68. The van der Waals surface area contributed by atoms with Crippen LogP contribution in [0.1, 0.15) is 22.1 Å². The van der Waals surface area contributed by atoms with E-state index in [-0.39, 0.29) is 5.38 Å². The molecule has 20 heavy (non-hydrogen) atoms. The van der Waals surface area contributed by atoms with E-state index in [1.54, 1.807) is 0 Å². The highest BCUT2D eigenvalue weighted by Gasteiger charge is 2.10. The Bertz CT molecular complexity index is 708. The van der Waals surface area contributed by atoms with E-state index in [0.29, 0.717) is 0 Å². The van der Waals surface area contributed by atoms with Gasteiger partial charge in [0, 0.05) is 0 Å². The van der Waals surface area contributed by atoms with E-state index in [1.807, 2.05) is 0 Å². The third-order valence-corrected chi connectivity index (χ3v) is 4.12. The van der Waals surface area contributed by atoms with Gasteiger partial charge in [-0.3, -0.25) is 0 Å². The highest BCUT2D eigenvalue weighted by Crippen LogP contribution is 2.28. The minimum absolute atomic E-state index is 0.0152. The van der Waals surface area contributed by atoms with Crippen molar-refractivity contribution in [3.63, 3.8) is 0 Å². The number of alkyl halides is 1. The summed E-state index contributed by atoms with van der Waals surface area (Å²) in [6, 6.07) is 23.4. The van der Waals surface area contributed by atoms with Crippen LogP contribution in [-0.4, -0.2) is 0 Å². The highest BCUT2D eigenvalue weighted by atomic mass is 35.5. The van der Waals surface area contributed by atoms with Gasteiger partial charge < -0.3 is 0 Å². The van der Waals surface area contributed by atoms with Crippen molar-refractivity contribution in [3.05, 3.63) is 83.4 Å². The smallest absolute Gasteiger partial charge is 0.0625 e. The molecule has 0 nitrogen and oxygen atoms in total. The summed E-state index contributed by atoms with van der Waals surface area (Å²) in [5.41, 5.74) is 3.76. The quantitative estimate of drug-likeness (QED) is 0.542. The van der Waals surface area contributed by atoms with Gasteiger partial charge in [-0.15, -0.1) is 11.6 Å². The molecule has 0 aliphatic heterocycles.